The molecule has 2 rings (SSSR count). The molecule has 0 aliphatic heterocycles. The van der Waals surface area contributed by atoms with Crippen molar-refractivity contribution in [2.24, 2.45) is 0 Å². The summed E-state index contributed by atoms with van der Waals surface area (Å²) in [5.74, 6) is 0.713. The summed E-state index contributed by atoms with van der Waals surface area (Å²) in [5.41, 5.74) is 1.86. The molecule has 1 aromatic heterocycles. The van der Waals surface area contributed by atoms with Crippen LogP contribution >= 0.6 is 35.4 Å². The fourth-order valence-electron chi connectivity index (χ4n) is 1.61. The van der Waals surface area contributed by atoms with Gasteiger partial charge in [-0.05, 0) is 49.0 Å². The maximum absolute atomic E-state index is 6.09. The zero-order valence-electron chi connectivity index (χ0n) is 10.8. The summed E-state index contributed by atoms with van der Waals surface area (Å²) in [7, 11) is 0. The highest BCUT2D eigenvalue weighted by Crippen LogP contribution is 2.20. The minimum atomic E-state index is 0.495. The second kappa shape index (κ2) is 6.88. The zero-order valence-corrected chi connectivity index (χ0v) is 13.1. The molecule has 0 bridgehead atoms. The van der Waals surface area contributed by atoms with Crippen molar-refractivity contribution in [2.45, 2.75) is 13.5 Å². The van der Waals surface area contributed by atoms with Crippen LogP contribution in [0.15, 0.2) is 36.4 Å². The number of anilines is 1. The van der Waals surface area contributed by atoms with Crippen molar-refractivity contribution < 1.29 is 0 Å². The number of aromatic nitrogens is 1. The molecule has 0 amide bonds. The topological polar surface area (TPSA) is 37.0 Å². The van der Waals surface area contributed by atoms with Gasteiger partial charge in [-0.15, -0.1) is 0 Å². The van der Waals surface area contributed by atoms with E-state index in [9.17, 15) is 0 Å². The third-order valence-electron chi connectivity index (χ3n) is 2.58. The normalized spacial score (nSPS) is 10.2. The number of pyridine rings is 1. The van der Waals surface area contributed by atoms with Gasteiger partial charge in [0.2, 0.25) is 0 Å². The van der Waals surface area contributed by atoms with Crippen LogP contribution in [-0.4, -0.2) is 10.1 Å². The molecule has 0 saturated heterocycles. The lowest BCUT2D eigenvalue weighted by molar-refractivity contribution is 0.925. The van der Waals surface area contributed by atoms with Gasteiger partial charge in [-0.25, -0.2) is 4.98 Å². The van der Waals surface area contributed by atoms with Gasteiger partial charge >= 0.3 is 0 Å². The van der Waals surface area contributed by atoms with E-state index in [0.29, 0.717) is 27.5 Å². The van der Waals surface area contributed by atoms with Crippen LogP contribution in [0.25, 0.3) is 0 Å². The Bertz CT molecular complexity index is 632. The fraction of sp³-hybridized carbons (Fsp3) is 0.143. The molecule has 2 N–H and O–H groups in total. The molecule has 0 atom stereocenters. The van der Waals surface area contributed by atoms with Gasteiger partial charge in [0, 0.05) is 22.3 Å². The van der Waals surface area contributed by atoms with E-state index >= 15 is 0 Å². The molecule has 0 aliphatic rings. The fourth-order valence-corrected chi connectivity index (χ4v) is 2.27. The van der Waals surface area contributed by atoms with Crippen molar-refractivity contribution in [3.63, 3.8) is 0 Å². The van der Waals surface area contributed by atoms with E-state index in [0.717, 1.165) is 11.3 Å². The number of hydrogen-bond acceptors (Lipinski definition) is 2. The molecule has 0 unspecified atom stereocenters. The van der Waals surface area contributed by atoms with Crippen molar-refractivity contribution in [3.8, 4) is 0 Å². The van der Waals surface area contributed by atoms with Crippen molar-refractivity contribution in [1.82, 2.24) is 10.3 Å². The third kappa shape index (κ3) is 4.34. The number of benzene rings is 1. The summed E-state index contributed by atoms with van der Waals surface area (Å²) >= 11 is 17.2. The zero-order chi connectivity index (χ0) is 14.5. The highest BCUT2D eigenvalue weighted by molar-refractivity contribution is 7.80. The van der Waals surface area contributed by atoms with Crippen molar-refractivity contribution in [1.29, 1.82) is 0 Å². The van der Waals surface area contributed by atoms with E-state index in [-0.39, 0.29) is 0 Å². The predicted molar refractivity (Wildman–Crippen MR) is 88.5 cm³/mol. The number of aryl methyl sites for hydroxylation is 1. The first-order valence-electron chi connectivity index (χ1n) is 5.97. The molecule has 6 heteroatoms. The van der Waals surface area contributed by atoms with E-state index in [1.807, 2.05) is 31.2 Å². The number of nitrogens with one attached hydrogen (secondary N) is 2. The Kier molecular flexibility index (Phi) is 5.17. The Morgan fingerprint density at radius 2 is 2.05 bits per heavy atom. The van der Waals surface area contributed by atoms with Gasteiger partial charge in [-0.3, -0.25) is 0 Å². The smallest absolute Gasteiger partial charge is 0.172 e. The van der Waals surface area contributed by atoms with Gasteiger partial charge in [-0.2, -0.15) is 0 Å². The van der Waals surface area contributed by atoms with Gasteiger partial charge in [-0.1, -0.05) is 35.3 Å². The van der Waals surface area contributed by atoms with Crippen molar-refractivity contribution in [2.75, 3.05) is 5.32 Å². The molecule has 0 aliphatic carbocycles. The molecule has 3 nitrogen and oxygen atoms in total. The SMILES string of the molecule is Cc1cccc(NC(=S)NCc2ccc(Cl)cc2Cl)n1. The van der Waals surface area contributed by atoms with Crippen LogP contribution < -0.4 is 10.6 Å². The van der Waals surface area contributed by atoms with Crippen molar-refractivity contribution in [3.05, 3.63) is 57.7 Å². The minimum Gasteiger partial charge on any atom is -0.358 e. The highest BCUT2D eigenvalue weighted by Gasteiger charge is 2.03. The minimum absolute atomic E-state index is 0.495. The maximum atomic E-state index is 6.09. The van der Waals surface area contributed by atoms with Crippen LogP contribution in [-0.2, 0) is 6.54 Å². The number of thiocarbonyl (C=S) groups is 1. The van der Waals surface area contributed by atoms with E-state index in [4.69, 9.17) is 35.4 Å². The first-order chi connectivity index (χ1) is 9.54. The summed E-state index contributed by atoms with van der Waals surface area (Å²) in [6.45, 7) is 2.45. The molecule has 1 aromatic carbocycles. The second-order valence-corrected chi connectivity index (χ2v) is 5.46. The standard InChI is InChI=1S/C14H13Cl2N3S/c1-9-3-2-4-13(18-9)19-14(20)17-8-10-5-6-11(15)7-12(10)16/h2-7H,8H2,1H3,(H2,17,18,19,20). The Balaban J connectivity index is 1.92. The van der Waals surface area contributed by atoms with Crippen LogP contribution in [0.2, 0.25) is 10.0 Å². The summed E-state index contributed by atoms with van der Waals surface area (Å²) in [6, 6.07) is 11.1. The Labute approximate surface area is 133 Å². The molecule has 0 saturated carbocycles. The summed E-state index contributed by atoms with van der Waals surface area (Å²) in [4.78, 5) is 4.32. The van der Waals surface area contributed by atoms with Crippen molar-refractivity contribution >= 4 is 46.4 Å². The molecule has 0 fully saturated rings. The molecule has 0 radical (unpaired) electrons. The largest absolute Gasteiger partial charge is 0.358 e. The quantitative estimate of drug-likeness (QED) is 0.830. The van der Waals surface area contributed by atoms with E-state index in [1.165, 1.54) is 0 Å². The summed E-state index contributed by atoms with van der Waals surface area (Å²) in [6.07, 6.45) is 0. The van der Waals surface area contributed by atoms with Gasteiger partial charge in [0.25, 0.3) is 0 Å². The van der Waals surface area contributed by atoms with E-state index in [1.54, 1.807) is 12.1 Å². The van der Waals surface area contributed by atoms with E-state index < -0.39 is 0 Å². The van der Waals surface area contributed by atoms with Gasteiger partial charge in [0.05, 0.1) is 0 Å². The average Bonchev–Trinajstić information content (AvgIpc) is 2.37. The molecule has 20 heavy (non-hydrogen) atoms. The Hall–Kier alpha value is -1.36. The Morgan fingerprint density at radius 1 is 1.25 bits per heavy atom. The van der Waals surface area contributed by atoms with Gasteiger partial charge in [0.1, 0.15) is 5.82 Å². The van der Waals surface area contributed by atoms with Crippen LogP contribution in [0.3, 0.4) is 0 Å². The lowest BCUT2D eigenvalue weighted by Gasteiger charge is -2.11. The molecule has 0 spiro atoms. The maximum Gasteiger partial charge on any atom is 0.172 e. The molecule has 1 heterocycles. The number of halogens is 2. The van der Waals surface area contributed by atoms with Crippen LogP contribution in [0.4, 0.5) is 5.82 Å². The summed E-state index contributed by atoms with van der Waals surface area (Å²) in [5, 5.41) is 7.83. The lowest BCUT2D eigenvalue weighted by atomic mass is 10.2. The predicted octanol–water partition coefficient (Wildman–Crippen LogP) is 4.18. The van der Waals surface area contributed by atoms with Gasteiger partial charge < -0.3 is 10.6 Å². The lowest BCUT2D eigenvalue weighted by Crippen LogP contribution is -2.28. The molecule has 104 valence electrons. The van der Waals surface area contributed by atoms with E-state index in [2.05, 4.69) is 15.6 Å². The number of hydrogen-bond donors (Lipinski definition) is 2. The molecular weight excluding hydrogens is 313 g/mol. The molecular formula is C14H13Cl2N3S. The monoisotopic (exact) mass is 325 g/mol. The highest BCUT2D eigenvalue weighted by atomic mass is 35.5. The number of rotatable bonds is 3. The second-order valence-electron chi connectivity index (χ2n) is 4.21. The van der Waals surface area contributed by atoms with Gasteiger partial charge in [0.15, 0.2) is 5.11 Å². The Morgan fingerprint density at radius 3 is 2.75 bits per heavy atom. The van der Waals surface area contributed by atoms with Crippen LogP contribution in [0.5, 0.6) is 0 Å². The molecule has 2 aromatic rings. The van der Waals surface area contributed by atoms with Crippen LogP contribution in [0.1, 0.15) is 11.3 Å². The van der Waals surface area contributed by atoms with Crippen LogP contribution in [0, 0.1) is 6.92 Å². The first-order valence-corrected chi connectivity index (χ1v) is 7.13. The summed E-state index contributed by atoms with van der Waals surface area (Å²) < 4.78 is 0. The first kappa shape index (κ1) is 15.0. The average molecular weight is 326 g/mol. The third-order valence-corrected chi connectivity index (χ3v) is 3.42. The number of nitrogens with zero attached hydrogens (tertiary/aromatic N) is 1.